The van der Waals surface area contributed by atoms with Crippen LogP contribution in [0.5, 0.6) is 0 Å². The first-order chi connectivity index (χ1) is 6.25. The number of hydrogen-bond acceptors (Lipinski definition) is 5. The van der Waals surface area contributed by atoms with E-state index in [0.717, 1.165) is 12.4 Å². The molecule has 0 aliphatic heterocycles. The summed E-state index contributed by atoms with van der Waals surface area (Å²) in [6.45, 7) is 1.41. The van der Waals surface area contributed by atoms with Gasteiger partial charge in [-0.2, -0.15) is 0 Å². The average Bonchev–Trinajstić information content (AvgIpc) is 2.15. The van der Waals surface area contributed by atoms with Crippen LogP contribution in [-0.4, -0.2) is 37.3 Å². The van der Waals surface area contributed by atoms with Crippen LogP contribution in [0.1, 0.15) is 0 Å². The molecule has 0 atom stereocenters. The van der Waals surface area contributed by atoms with Crippen molar-refractivity contribution in [3.63, 3.8) is 0 Å². The average molecular weight is 182 g/mol. The van der Waals surface area contributed by atoms with E-state index in [0.29, 0.717) is 12.3 Å². The molecule has 72 valence electrons. The van der Waals surface area contributed by atoms with Crippen molar-refractivity contribution in [1.29, 1.82) is 0 Å². The third-order valence-corrected chi connectivity index (χ3v) is 1.71. The van der Waals surface area contributed by atoms with E-state index in [1.165, 1.54) is 6.33 Å². The zero-order chi connectivity index (χ0) is 9.68. The molecule has 0 bridgehead atoms. The van der Waals surface area contributed by atoms with E-state index in [9.17, 15) is 0 Å². The molecule has 5 heteroatoms. The molecule has 0 aromatic carbocycles. The van der Waals surface area contributed by atoms with Crippen LogP contribution in [0.15, 0.2) is 12.5 Å². The zero-order valence-corrected chi connectivity index (χ0v) is 7.90. The Kier molecular flexibility index (Phi) is 3.45. The normalized spacial score (nSPS) is 10.0. The number of nitrogen functional groups attached to an aromatic ring is 1. The van der Waals surface area contributed by atoms with E-state index in [-0.39, 0.29) is 0 Å². The molecule has 0 saturated heterocycles. The maximum atomic E-state index is 5.69. The largest absolute Gasteiger partial charge is 0.394 e. The molecule has 1 aromatic rings. The third kappa shape index (κ3) is 2.55. The monoisotopic (exact) mass is 182 g/mol. The number of aromatic nitrogens is 2. The molecule has 13 heavy (non-hydrogen) atoms. The Morgan fingerprint density at radius 2 is 2.38 bits per heavy atom. The van der Waals surface area contributed by atoms with Gasteiger partial charge in [-0.3, -0.25) is 0 Å². The first-order valence-corrected chi connectivity index (χ1v) is 4.01. The van der Waals surface area contributed by atoms with Crippen molar-refractivity contribution in [2.75, 3.05) is 37.9 Å². The SMILES string of the molecule is COCCN(C)c1ncncc1N. The van der Waals surface area contributed by atoms with Crippen molar-refractivity contribution in [1.82, 2.24) is 9.97 Å². The van der Waals surface area contributed by atoms with Gasteiger partial charge in [0, 0.05) is 20.7 Å². The predicted molar refractivity (Wildman–Crippen MR) is 51.6 cm³/mol. The lowest BCUT2D eigenvalue weighted by atomic mass is 10.4. The second-order valence-electron chi connectivity index (χ2n) is 2.72. The summed E-state index contributed by atoms with van der Waals surface area (Å²) >= 11 is 0. The molecule has 0 saturated carbocycles. The predicted octanol–water partition coefficient (Wildman–Crippen LogP) is 0.141. The Morgan fingerprint density at radius 1 is 1.62 bits per heavy atom. The number of nitrogens with two attached hydrogens (primary N) is 1. The Balaban J connectivity index is 2.65. The van der Waals surface area contributed by atoms with Crippen LogP contribution in [0, 0.1) is 0 Å². The summed E-state index contributed by atoms with van der Waals surface area (Å²) in [4.78, 5) is 9.81. The van der Waals surface area contributed by atoms with Crippen molar-refractivity contribution in [2.45, 2.75) is 0 Å². The Labute approximate surface area is 77.5 Å². The summed E-state index contributed by atoms with van der Waals surface area (Å²) in [6.07, 6.45) is 3.07. The van der Waals surface area contributed by atoms with Crippen molar-refractivity contribution in [3.05, 3.63) is 12.5 Å². The number of hydrogen-bond donors (Lipinski definition) is 1. The summed E-state index contributed by atoms with van der Waals surface area (Å²) in [5, 5.41) is 0. The molecule has 0 aliphatic rings. The standard InChI is InChI=1S/C8H14N4O/c1-12(3-4-13-2)8-7(9)5-10-6-11-8/h5-6H,3-4,9H2,1-2H3. The lowest BCUT2D eigenvalue weighted by Gasteiger charge is -2.18. The smallest absolute Gasteiger partial charge is 0.155 e. The summed E-state index contributed by atoms with van der Waals surface area (Å²) in [6, 6.07) is 0. The van der Waals surface area contributed by atoms with Crippen LogP contribution >= 0.6 is 0 Å². The van der Waals surface area contributed by atoms with E-state index < -0.39 is 0 Å². The molecule has 1 heterocycles. The molecule has 5 nitrogen and oxygen atoms in total. The fourth-order valence-corrected chi connectivity index (χ4v) is 0.987. The fourth-order valence-electron chi connectivity index (χ4n) is 0.987. The molecule has 0 spiro atoms. The molecular formula is C8H14N4O. The number of likely N-dealkylation sites (N-methyl/N-ethyl adjacent to an activating group) is 1. The Hall–Kier alpha value is -1.36. The number of rotatable bonds is 4. The Morgan fingerprint density at radius 3 is 3.00 bits per heavy atom. The lowest BCUT2D eigenvalue weighted by molar-refractivity contribution is 0.206. The summed E-state index contributed by atoms with van der Waals surface area (Å²) < 4.78 is 4.95. The van der Waals surface area contributed by atoms with Crippen LogP contribution in [-0.2, 0) is 4.74 Å². The van der Waals surface area contributed by atoms with Gasteiger partial charge in [0.15, 0.2) is 5.82 Å². The van der Waals surface area contributed by atoms with Gasteiger partial charge >= 0.3 is 0 Å². The molecule has 1 aromatic heterocycles. The second kappa shape index (κ2) is 4.61. The first kappa shape index (κ1) is 9.73. The van der Waals surface area contributed by atoms with Gasteiger partial charge in [0.05, 0.1) is 18.5 Å². The van der Waals surface area contributed by atoms with Crippen molar-refractivity contribution < 1.29 is 4.74 Å². The summed E-state index contributed by atoms with van der Waals surface area (Å²) in [5.74, 6) is 0.743. The van der Waals surface area contributed by atoms with Crippen LogP contribution in [0.2, 0.25) is 0 Å². The molecule has 0 fully saturated rings. The van der Waals surface area contributed by atoms with E-state index in [1.54, 1.807) is 13.3 Å². The van der Waals surface area contributed by atoms with Gasteiger partial charge in [0.2, 0.25) is 0 Å². The number of ether oxygens (including phenoxy) is 1. The summed E-state index contributed by atoms with van der Waals surface area (Å²) in [7, 11) is 3.58. The highest BCUT2D eigenvalue weighted by Crippen LogP contribution is 2.15. The number of anilines is 2. The highest BCUT2D eigenvalue weighted by Gasteiger charge is 2.05. The van der Waals surface area contributed by atoms with Gasteiger partial charge in [-0.15, -0.1) is 0 Å². The highest BCUT2D eigenvalue weighted by atomic mass is 16.5. The van der Waals surface area contributed by atoms with Crippen LogP contribution in [0.3, 0.4) is 0 Å². The van der Waals surface area contributed by atoms with Gasteiger partial charge in [0.1, 0.15) is 6.33 Å². The van der Waals surface area contributed by atoms with E-state index in [2.05, 4.69) is 9.97 Å². The van der Waals surface area contributed by atoms with E-state index in [4.69, 9.17) is 10.5 Å². The maximum Gasteiger partial charge on any atom is 0.155 e. The fraction of sp³-hybridized carbons (Fsp3) is 0.500. The molecule has 0 radical (unpaired) electrons. The molecule has 2 N–H and O–H groups in total. The number of nitrogens with zero attached hydrogens (tertiary/aromatic N) is 3. The van der Waals surface area contributed by atoms with Crippen molar-refractivity contribution in [2.24, 2.45) is 0 Å². The van der Waals surface area contributed by atoms with E-state index in [1.807, 2.05) is 11.9 Å². The van der Waals surface area contributed by atoms with E-state index >= 15 is 0 Å². The molecule has 0 amide bonds. The van der Waals surface area contributed by atoms with Gasteiger partial charge in [-0.05, 0) is 0 Å². The maximum absolute atomic E-state index is 5.69. The lowest BCUT2D eigenvalue weighted by Crippen LogP contribution is -2.24. The van der Waals surface area contributed by atoms with Gasteiger partial charge in [-0.1, -0.05) is 0 Å². The minimum atomic E-state index is 0.584. The van der Waals surface area contributed by atoms with Crippen LogP contribution in [0.25, 0.3) is 0 Å². The topological polar surface area (TPSA) is 64.3 Å². The van der Waals surface area contributed by atoms with Crippen molar-refractivity contribution in [3.8, 4) is 0 Å². The molecule has 0 unspecified atom stereocenters. The Bertz CT molecular complexity index is 266. The molecule has 1 rings (SSSR count). The minimum Gasteiger partial charge on any atom is -0.394 e. The quantitative estimate of drug-likeness (QED) is 0.717. The van der Waals surface area contributed by atoms with Crippen LogP contribution in [0.4, 0.5) is 11.5 Å². The molecule has 0 aliphatic carbocycles. The van der Waals surface area contributed by atoms with Gasteiger partial charge in [0.25, 0.3) is 0 Å². The van der Waals surface area contributed by atoms with Gasteiger partial charge in [-0.25, -0.2) is 9.97 Å². The second-order valence-corrected chi connectivity index (χ2v) is 2.72. The molecular weight excluding hydrogens is 168 g/mol. The van der Waals surface area contributed by atoms with Gasteiger partial charge < -0.3 is 15.4 Å². The van der Waals surface area contributed by atoms with Crippen LogP contribution < -0.4 is 10.6 Å². The highest BCUT2D eigenvalue weighted by molar-refractivity contribution is 5.60. The third-order valence-electron chi connectivity index (χ3n) is 1.71. The first-order valence-electron chi connectivity index (χ1n) is 4.01. The zero-order valence-electron chi connectivity index (χ0n) is 7.90. The summed E-state index contributed by atoms with van der Waals surface area (Å²) in [5.41, 5.74) is 6.27. The minimum absolute atomic E-state index is 0.584. The van der Waals surface area contributed by atoms with Crippen molar-refractivity contribution >= 4 is 11.5 Å². The number of methoxy groups -OCH3 is 1.